The Kier molecular flexibility index (Phi) is 3.49. The first kappa shape index (κ1) is 9.48. The van der Waals surface area contributed by atoms with E-state index >= 15 is 0 Å². The summed E-state index contributed by atoms with van der Waals surface area (Å²) in [4.78, 5) is 7.87. The van der Waals surface area contributed by atoms with E-state index in [4.69, 9.17) is 11.6 Å². The fourth-order valence-corrected chi connectivity index (χ4v) is 0.816. The summed E-state index contributed by atoms with van der Waals surface area (Å²) in [6.45, 7) is 4.26. The summed E-state index contributed by atoms with van der Waals surface area (Å²) in [5.41, 5.74) is 0. The highest BCUT2D eigenvalue weighted by Gasteiger charge is 1.94. The monoisotopic (exact) mass is 247 g/mol. The van der Waals surface area contributed by atoms with Gasteiger partial charge in [-0.2, -0.15) is 0 Å². The van der Waals surface area contributed by atoms with E-state index in [1.54, 1.807) is 0 Å². The number of anilines is 1. The van der Waals surface area contributed by atoms with Gasteiger partial charge in [0.2, 0.25) is 5.95 Å². The van der Waals surface area contributed by atoms with Gasteiger partial charge in [-0.25, -0.2) is 9.97 Å². The molecule has 64 valence electrons. The van der Waals surface area contributed by atoms with E-state index in [2.05, 4.69) is 37.8 Å². The van der Waals surface area contributed by atoms with Crippen LogP contribution in [0.2, 0.25) is 5.02 Å². The Balaban J connectivity index is 2.53. The van der Waals surface area contributed by atoms with Gasteiger partial charge in [-0.05, 0) is 0 Å². The minimum atomic E-state index is 0.526. The maximum absolute atomic E-state index is 5.59. The first-order valence-electron chi connectivity index (χ1n) is 3.23. The zero-order chi connectivity index (χ0) is 8.97. The fourth-order valence-electron chi connectivity index (χ4n) is 0.579. The molecule has 0 spiro atoms. The third-order valence-corrected chi connectivity index (χ3v) is 1.53. The first-order valence-corrected chi connectivity index (χ1v) is 4.40. The zero-order valence-corrected chi connectivity index (χ0v) is 8.56. The quantitative estimate of drug-likeness (QED) is 0.893. The third-order valence-electron chi connectivity index (χ3n) is 1.06. The Labute approximate surface area is 84.0 Å². The molecule has 0 aliphatic rings. The highest BCUT2D eigenvalue weighted by Crippen LogP contribution is 2.06. The average molecular weight is 249 g/mol. The first-order chi connectivity index (χ1) is 5.68. The Morgan fingerprint density at radius 1 is 1.58 bits per heavy atom. The number of aromatic nitrogens is 2. The number of nitrogens with zero attached hydrogens (tertiary/aromatic N) is 2. The van der Waals surface area contributed by atoms with E-state index < -0.39 is 0 Å². The van der Waals surface area contributed by atoms with E-state index in [-0.39, 0.29) is 0 Å². The van der Waals surface area contributed by atoms with Crippen molar-refractivity contribution >= 4 is 33.5 Å². The minimum Gasteiger partial charge on any atom is -0.350 e. The summed E-state index contributed by atoms with van der Waals surface area (Å²) in [6.07, 6.45) is 3.07. The molecule has 0 fully saturated rings. The van der Waals surface area contributed by atoms with Crippen molar-refractivity contribution in [2.45, 2.75) is 0 Å². The van der Waals surface area contributed by atoms with Gasteiger partial charge in [-0.1, -0.05) is 34.1 Å². The Hall–Kier alpha value is -0.610. The van der Waals surface area contributed by atoms with Crippen LogP contribution in [0.3, 0.4) is 0 Å². The molecule has 1 rings (SSSR count). The number of hydrogen-bond donors (Lipinski definition) is 1. The van der Waals surface area contributed by atoms with Crippen molar-refractivity contribution in [1.29, 1.82) is 0 Å². The van der Waals surface area contributed by atoms with Gasteiger partial charge in [0.25, 0.3) is 0 Å². The van der Waals surface area contributed by atoms with Gasteiger partial charge in [-0.15, -0.1) is 0 Å². The summed E-state index contributed by atoms with van der Waals surface area (Å²) >= 11 is 8.80. The molecule has 0 radical (unpaired) electrons. The largest absolute Gasteiger partial charge is 0.350 e. The lowest BCUT2D eigenvalue weighted by atomic mass is 10.6. The predicted molar refractivity (Wildman–Crippen MR) is 53.6 cm³/mol. The van der Waals surface area contributed by atoms with Crippen molar-refractivity contribution in [3.8, 4) is 0 Å². The molecule has 1 N–H and O–H groups in total. The van der Waals surface area contributed by atoms with Crippen molar-refractivity contribution in [1.82, 2.24) is 9.97 Å². The van der Waals surface area contributed by atoms with Crippen molar-refractivity contribution in [2.24, 2.45) is 0 Å². The zero-order valence-electron chi connectivity index (χ0n) is 6.22. The maximum Gasteiger partial charge on any atom is 0.222 e. The van der Waals surface area contributed by atoms with Gasteiger partial charge in [0.1, 0.15) is 0 Å². The second-order valence-corrected chi connectivity index (χ2v) is 3.65. The van der Waals surface area contributed by atoms with Crippen LogP contribution >= 0.6 is 27.5 Å². The molecule has 3 nitrogen and oxygen atoms in total. The highest BCUT2D eigenvalue weighted by atomic mass is 79.9. The van der Waals surface area contributed by atoms with Crippen LogP contribution in [-0.4, -0.2) is 16.5 Å². The second-order valence-electron chi connectivity index (χ2n) is 2.10. The molecule has 0 saturated heterocycles. The summed E-state index contributed by atoms with van der Waals surface area (Å²) in [7, 11) is 0. The SMILES string of the molecule is C=C(Br)CNc1ncc(Cl)cn1. The Morgan fingerprint density at radius 3 is 2.67 bits per heavy atom. The standard InChI is InChI=1S/C7H7BrClN3/c1-5(8)2-10-7-11-3-6(9)4-12-7/h3-4H,1-2H2,(H,10,11,12). The van der Waals surface area contributed by atoms with Crippen LogP contribution in [0.5, 0.6) is 0 Å². The minimum absolute atomic E-state index is 0.526. The third kappa shape index (κ3) is 3.19. The van der Waals surface area contributed by atoms with Crippen LogP contribution in [-0.2, 0) is 0 Å². The van der Waals surface area contributed by atoms with Crippen LogP contribution in [0.4, 0.5) is 5.95 Å². The number of rotatable bonds is 3. The summed E-state index contributed by atoms with van der Waals surface area (Å²) < 4.78 is 0.848. The fraction of sp³-hybridized carbons (Fsp3) is 0.143. The van der Waals surface area contributed by atoms with Crippen molar-refractivity contribution in [2.75, 3.05) is 11.9 Å². The molecule has 0 amide bonds. The van der Waals surface area contributed by atoms with Crippen LogP contribution < -0.4 is 5.32 Å². The molecule has 0 saturated carbocycles. The maximum atomic E-state index is 5.59. The van der Waals surface area contributed by atoms with Gasteiger partial charge < -0.3 is 5.32 Å². The molecule has 12 heavy (non-hydrogen) atoms. The van der Waals surface area contributed by atoms with Crippen LogP contribution in [0, 0.1) is 0 Å². The van der Waals surface area contributed by atoms with Gasteiger partial charge >= 0.3 is 0 Å². The summed E-state index contributed by atoms with van der Waals surface area (Å²) in [5, 5.41) is 3.47. The van der Waals surface area contributed by atoms with Gasteiger partial charge in [-0.3, -0.25) is 0 Å². The van der Waals surface area contributed by atoms with E-state index in [0.717, 1.165) is 4.48 Å². The molecular formula is C7H7BrClN3. The topological polar surface area (TPSA) is 37.8 Å². The second kappa shape index (κ2) is 4.42. The van der Waals surface area contributed by atoms with E-state index in [0.29, 0.717) is 17.5 Å². The lowest BCUT2D eigenvalue weighted by molar-refractivity contribution is 1.12. The molecule has 0 aromatic carbocycles. The van der Waals surface area contributed by atoms with Crippen LogP contribution in [0.1, 0.15) is 0 Å². The molecule has 0 bridgehead atoms. The molecule has 0 aliphatic heterocycles. The van der Waals surface area contributed by atoms with Crippen molar-refractivity contribution < 1.29 is 0 Å². The van der Waals surface area contributed by atoms with E-state index in [9.17, 15) is 0 Å². The molecule has 1 aromatic heterocycles. The summed E-state index contributed by atoms with van der Waals surface area (Å²) in [5.74, 6) is 0.542. The highest BCUT2D eigenvalue weighted by molar-refractivity contribution is 9.11. The molecule has 0 aliphatic carbocycles. The number of halogens is 2. The molecule has 1 heterocycles. The van der Waals surface area contributed by atoms with E-state index in [1.165, 1.54) is 12.4 Å². The Morgan fingerprint density at radius 2 is 2.17 bits per heavy atom. The lowest BCUT2D eigenvalue weighted by Crippen LogP contribution is -2.03. The van der Waals surface area contributed by atoms with Crippen molar-refractivity contribution in [3.63, 3.8) is 0 Å². The van der Waals surface area contributed by atoms with E-state index in [1.807, 2.05) is 0 Å². The van der Waals surface area contributed by atoms with Gasteiger partial charge in [0, 0.05) is 11.0 Å². The lowest BCUT2D eigenvalue weighted by Gasteiger charge is -2.01. The van der Waals surface area contributed by atoms with Crippen LogP contribution in [0.15, 0.2) is 23.5 Å². The van der Waals surface area contributed by atoms with Crippen LogP contribution in [0.25, 0.3) is 0 Å². The smallest absolute Gasteiger partial charge is 0.222 e. The molecular weight excluding hydrogens is 241 g/mol. The average Bonchev–Trinajstić information content (AvgIpc) is 2.03. The molecule has 5 heteroatoms. The molecule has 0 unspecified atom stereocenters. The number of hydrogen-bond acceptors (Lipinski definition) is 3. The molecule has 1 aromatic rings. The Bertz CT molecular complexity index is 272. The number of nitrogens with one attached hydrogen (secondary N) is 1. The predicted octanol–water partition coefficient (Wildman–Crippen LogP) is 2.45. The summed E-state index contributed by atoms with van der Waals surface area (Å²) in [6, 6.07) is 0. The van der Waals surface area contributed by atoms with Crippen molar-refractivity contribution in [3.05, 3.63) is 28.5 Å². The normalized spacial score (nSPS) is 9.50. The van der Waals surface area contributed by atoms with Gasteiger partial charge in [0.15, 0.2) is 0 Å². The van der Waals surface area contributed by atoms with Gasteiger partial charge in [0.05, 0.1) is 17.4 Å². The molecule has 0 atom stereocenters.